The largest absolute Gasteiger partial charge is 0.459 e. The maximum Gasteiger partial charge on any atom is 0.458 e. The van der Waals surface area contributed by atoms with Gasteiger partial charge in [0.1, 0.15) is 6.10 Å². The van der Waals surface area contributed by atoms with Crippen LogP contribution in [-0.4, -0.2) is 42.1 Å². The fourth-order valence-electron chi connectivity index (χ4n) is 1.99. The summed E-state index contributed by atoms with van der Waals surface area (Å²) in [6.07, 6.45) is -6.23. The smallest absolute Gasteiger partial charge is 0.458 e. The highest BCUT2D eigenvalue weighted by atomic mass is 32.2. The average molecular weight is 358 g/mol. The van der Waals surface area contributed by atoms with Crippen molar-refractivity contribution in [3.8, 4) is 0 Å². The van der Waals surface area contributed by atoms with Gasteiger partial charge in [0.05, 0.1) is 0 Å². The molecule has 0 aliphatic heterocycles. The Morgan fingerprint density at radius 2 is 1.45 bits per heavy atom. The van der Waals surface area contributed by atoms with E-state index in [1.165, 1.54) is 0 Å². The van der Waals surface area contributed by atoms with Crippen molar-refractivity contribution in [1.82, 2.24) is 0 Å². The molecule has 0 saturated heterocycles. The number of hydrogen-bond donors (Lipinski definition) is 1. The number of carbonyl (C=O) groups is 1. The van der Waals surface area contributed by atoms with Crippen molar-refractivity contribution < 1.29 is 48.8 Å². The lowest BCUT2D eigenvalue weighted by Gasteiger charge is -2.32. The highest BCUT2D eigenvalue weighted by molar-refractivity contribution is 7.88. The molecule has 0 bridgehead atoms. The molecule has 0 aromatic carbocycles. The molecule has 0 aromatic rings. The molecule has 22 heavy (non-hydrogen) atoms. The zero-order chi connectivity index (χ0) is 17.4. The van der Waals surface area contributed by atoms with E-state index in [0.717, 1.165) is 0 Å². The van der Waals surface area contributed by atoms with Gasteiger partial charge < -0.3 is 4.74 Å². The average Bonchev–Trinajstić information content (AvgIpc) is 2.35. The normalized spacial score (nSPS) is 21.2. The van der Waals surface area contributed by atoms with Gasteiger partial charge in [0, 0.05) is 0 Å². The Morgan fingerprint density at radius 1 is 1.00 bits per heavy atom. The summed E-state index contributed by atoms with van der Waals surface area (Å²) in [5, 5.41) is -5.96. The van der Waals surface area contributed by atoms with Crippen LogP contribution in [0.2, 0.25) is 0 Å². The minimum atomic E-state index is -6.77. The van der Waals surface area contributed by atoms with Crippen molar-refractivity contribution in [2.45, 2.75) is 55.3 Å². The first-order chi connectivity index (χ1) is 9.75. The summed E-state index contributed by atoms with van der Waals surface area (Å²) < 4.78 is 111. The number of halogens is 6. The zero-order valence-corrected chi connectivity index (χ0v) is 11.7. The molecule has 1 atom stereocenters. The predicted octanol–water partition coefficient (Wildman–Crippen LogP) is 2.61. The summed E-state index contributed by atoms with van der Waals surface area (Å²) in [6, 6.07) is 0. The van der Waals surface area contributed by atoms with Gasteiger partial charge in [-0.1, -0.05) is 6.42 Å². The number of ether oxygens (including phenoxy) is 1. The quantitative estimate of drug-likeness (QED) is 0.475. The summed E-state index contributed by atoms with van der Waals surface area (Å²) in [6.45, 7) is 0. The summed E-state index contributed by atoms with van der Waals surface area (Å²) in [4.78, 5) is 11.4. The van der Waals surface area contributed by atoms with Crippen molar-refractivity contribution >= 4 is 16.1 Å². The lowest BCUT2D eigenvalue weighted by Crippen LogP contribution is -2.63. The van der Waals surface area contributed by atoms with E-state index in [9.17, 15) is 39.6 Å². The molecule has 0 radical (unpaired) electrons. The van der Waals surface area contributed by atoms with Crippen LogP contribution in [0.1, 0.15) is 32.1 Å². The molecule has 0 spiro atoms. The summed E-state index contributed by atoms with van der Waals surface area (Å²) in [5.74, 6) is -9.66. The van der Waals surface area contributed by atoms with Crippen LogP contribution >= 0.6 is 0 Å². The number of hydrogen-bond acceptors (Lipinski definition) is 4. The maximum atomic E-state index is 13.9. The van der Waals surface area contributed by atoms with Gasteiger partial charge >= 0.3 is 33.2 Å². The second kappa shape index (κ2) is 5.87. The summed E-state index contributed by atoms with van der Waals surface area (Å²) in [7, 11) is -6.77. The van der Waals surface area contributed by atoms with Crippen molar-refractivity contribution in [1.29, 1.82) is 0 Å². The predicted molar refractivity (Wildman–Crippen MR) is 59.4 cm³/mol. The molecule has 1 aliphatic carbocycles. The van der Waals surface area contributed by atoms with E-state index in [1.807, 2.05) is 0 Å². The minimum Gasteiger partial charge on any atom is -0.459 e. The lowest BCUT2D eigenvalue weighted by molar-refractivity contribution is -0.311. The van der Waals surface area contributed by atoms with Crippen LogP contribution in [0, 0.1) is 0 Å². The Balaban J connectivity index is 3.20. The molecule has 0 amide bonds. The third-order valence-electron chi connectivity index (χ3n) is 3.20. The Labute approximate surface area is 121 Å². The van der Waals surface area contributed by atoms with Crippen molar-refractivity contribution in [3.63, 3.8) is 0 Å². The van der Waals surface area contributed by atoms with Crippen LogP contribution in [0.25, 0.3) is 0 Å². The Morgan fingerprint density at radius 3 is 1.82 bits per heavy atom. The van der Waals surface area contributed by atoms with E-state index in [-0.39, 0.29) is 12.8 Å². The molecule has 12 heteroatoms. The van der Waals surface area contributed by atoms with Crippen molar-refractivity contribution in [2.24, 2.45) is 0 Å². The monoisotopic (exact) mass is 358 g/mol. The number of carbonyl (C=O) groups excluding carboxylic acids is 1. The van der Waals surface area contributed by atoms with Crippen LogP contribution in [-0.2, 0) is 19.6 Å². The molecular weight excluding hydrogens is 346 g/mol. The molecule has 1 saturated carbocycles. The Bertz CT molecular complexity index is 524. The minimum absolute atomic E-state index is 0.0604. The second-order valence-electron chi connectivity index (χ2n) is 4.81. The molecule has 0 aromatic heterocycles. The van der Waals surface area contributed by atoms with Crippen LogP contribution < -0.4 is 0 Å². The maximum absolute atomic E-state index is 13.9. The molecule has 0 heterocycles. The van der Waals surface area contributed by atoms with Gasteiger partial charge in [-0.15, -0.1) is 0 Å². The van der Waals surface area contributed by atoms with E-state index < -0.39 is 39.3 Å². The summed E-state index contributed by atoms with van der Waals surface area (Å²) >= 11 is 0. The topological polar surface area (TPSA) is 80.7 Å². The second-order valence-corrected chi connectivity index (χ2v) is 6.32. The lowest BCUT2D eigenvalue weighted by atomic mass is 9.98. The van der Waals surface area contributed by atoms with Gasteiger partial charge in [0.25, 0.3) is 0 Å². The van der Waals surface area contributed by atoms with E-state index in [1.54, 1.807) is 0 Å². The Hall–Kier alpha value is -1.04. The molecule has 1 rings (SSSR count). The van der Waals surface area contributed by atoms with E-state index in [0.29, 0.717) is 19.3 Å². The molecule has 5 nitrogen and oxygen atoms in total. The van der Waals surface area contributed by atoms with E-state index in [2.05, 4.69) is 4.74 Å². The van der Waals surface area contributed by atoms with Crippen LogP contribution in [0.15, 0.2) is 0 Å². The number of alkyl halides is 6. The fraction of sp³-hybridized carbons (Fsp3) is 0.900. The Kier molecular flexibility index (Phi) is 5.07. The van der Waals surface area contributed by atoms with Crippen LogP contribution in [0.4, 0.5) is 26.3 Å². The van der Waals surface area contributed by atoms with Gasteiger partial charge in [-0.2, -0.15) is 30.4 Å². The van der Waals surface area contributed by atoms with Gasteiger partial charge in [-0.3, -0.25) is 4.55 Å². The first-order valence-electron chi connectivity index (χ1n) is 6.06. The van der Waals surface area contributed by atoms with Crippen molar-refractivity contribution in [3.05, 3.63) is 0 Å². The van der Waals surface area contributed by atoms with Gasteiger partial charge in [0.15, 0.2) is 0 Å². The third-order valence-corrected chi connectivity index (χ3v) is 4.34. The van der Waals surface area contributed by atoms with Crippen LogP contribution in [0.3, 0.4) is 0 Å². The molecule has 1 fully saturated rings. The first kappa shape index (κ1) is 19.0. The number of rotatable bonds is 4. The molecular formula is C10H12F6O5S. The SMILES string of the molecule is O=C(OC1CCCCC1)C(F)(C(F)(F)C(F)(F)F)S(=O)(=O)O. The highest BCUT2D eigenvalue weighted by Gasteiger charge is 2.82. The van der Waals surface area contributed by atoms with Gasteiger partial charge in [-0.05, 0) is 25.7 Å². The standard InChI is InChI=1S/C10H12F6O5S/c11-8(22(18,19)20,9(12,13)10(14,15)16)7(17)21-6-4-2-1-3-5-6/h6H,1-5H2,(H,18,19,20). The van der Waals surface area contributed by atoms with E-state index in [4.69, 9.17) is 4.55 Å². The van der Waals surface area contributed by atoms with Gasteiger partial charge in [-0.25, -0.2) is 9.18 Å². The highest BCUT2D eigenvalue weighted by Crippen LogP contribution is 2.48. The third kappa shape index (κ3) is 3.16. The zero-order valence-electron chi connectivity index (χ0n) is 10.9. The fourth-order valence-corrected chi connectivity index (χ4v) is 2.69. The summed E-state index contributed by atoms with van der Waals surface area (Å²) in [5.41, 5.74) is 0. The molecule has 1 aliphatic rings. The van der Waals surface area contributed by atoms with E-state index >= 15 is 0 Å². The molecule has 1 N–H and O–H groups in total. The first-order valence-corrected chi connectivity index (χ1v) is 7.50. The molecule has 130 valence electrons. The van der Waals surface area contributed by atoms with Gasteiger partial charge in [0.2, 0.25) is 0 Å². The van der Waals surface area contributed by atoms with Crippen LogP contribution in [0.5, 0.6) is 0 Å². The number of esters is 1. The molecule has 1 unspecified atom stereocenters. The van der Waals surface area contributed by atoms with Crippen molar-refractivity contribution in [2.75, 3.05) is 0 Å².